The van der Waals surface area contributed by atoms with E-state index >= 15 is 0 Å². The summed E-state index contributed by atoms with van der Waals surface area (Å²) in [5, 5.41) is 3.20. The molecule has 3 heteroatoms. The van der Waals surface area contributed by atoms with Crippen molar-refractivity contribution in [1.29, 1.82) is 0 Å². The molecule has 1 aliphatic rings. The Hall–Kier alpha value is -1.09. The van der Waals surface area contributed by atoms with Crippen LogP contribution in [-0.4, -0.2) is 13.2 Å². The molecular formula is C11H14FNO. The number of rotatable bonds is 3. The molecule has 0 bridgehead atoms. The van der Waals surface area contributed by atoms with Crippen molar-refractivity contribution in [1.82, 2.24) is 5.32 Å². The van der Waals surface area contributed by atoms with E-state index in [2.05, 4.69) is 12.2 Å². The maximum Gasteiger partial charge on any atom is 0.165 e. The van der Waals surface area contributed by atoms with Gasteiger partial charge in [-0.1, -0.05) is 6.07 Å². The molecule has 1 atom stereocenters. The summed E-state index contributed by atoms with van der Waals surface area (Å²) in [4.78, 5) is 0. The molecule has 1 N–H and O–H groups in total. The number of nitrogens with one attached hydrogen (secondary N) is 1. The van der Waals surface area contributed by atoms with Gasteiger partial charge in [0.2, 0.25) is 0 Å². The predicted molar refractivity (Wildman–Crippen MR) is 52.9 cm³/mol. The third kappa shape index (κ3) is 1.60. The standard InChI is InChI=1S/C11H14FNO/c1-3-14-10-5-4-8(6-9(10)12)11(2)7-13-11/h4-6,13H,3,7H2,1-2H3. The summed E-state index contributed by atoms with van der Waals surface area (Å²) < 4.78 is 18.6. The Bertz CT molecular complexity index is 347. The van der Waals surface area contributed by atoms with Crippen molar-refractivity contribution in [3.8, 4) is 5.75 Å². The van der Waals surface area contributed by atoms with E-state index in [0.29, 0.717) is 12.4 Å². The van der Waals surface area contributed by atoms with E-state index in [-0.39, 0.29) is 11.4 Å². The van der Waals surface area contributed by atoms with Crippen molar-refractivity contribution in [3.63, 3.8) is 0 Å². The van der Waals surface area contributed by atoms with Gasteiger partial charge in [-0.25, -0.2) is 4.39 Å². The van der Waals surface area contributed by atoms with Gasteiger partial charge in [-0.05, 0) is 31.5 Å². The molecule has 1 heterocycles. The van der Waals surface area contributed by atoms with Crippen LogP contribution < -0.4 is 10.1 Å². The van der Waals surface area contributed by atoms with Crippen LogP contribution >= 0.6 is 0 Å². The van der Waals surface area contributed by atoms with Crippen molar-refractivity contribution in [2.24, 2.45) is 0 Å². The van der Waals surface area contributed by atoms with Crippen LogP contribution in [0.1, 0.15) is 19.4 Å². The normalized spacial score (nSPS) is 24.8. The fourth-order valence-electron chi connectivity index (χ4n) is 1.45. The van der Waals surface area contributed by atoms with Gasteiger partial charge in [0.05, 0.1) is 12.1 Å². The van der Waals surface area contributed by atoms with Gasteiger partial charge in [0.15, 0.2) is 11.6 Å². The quantitative estimate of drug-likeness (QED) is 0.748. The van der Waals surface area contributed by atoms with Crippen LogP contribution in [0.15, 0.2) is 18.2 Å². The van der Waals surface area contributed by atoms with Crippen molar-refractivity contribution >= 4 is 0 Å². The van der Waals surface area contributed by atoms with Gasteiger partial charge in [-0.15, -0.1) is 0 Å². The van der Waals surface area contributed by atoms with Gasteiger partial charge in [0.1, 0.15) is 0 Å². The molecule has 0 aliphatic carbocycles. The van der Waals surface area contributed by atoms with Crippen molar-refractivity contribution in [2.45, 2.75) is 19.4 Å². The molecule has 2 nitrogen and oxygen atoms in total. The van der Waals surface area contributed by atoms with Gasteiger partial charge >= 0.3 is 0 Å². The van der Waals surface area contributed by atoms with Gasteiger partial charge in [0, 0.05) is 6.54 Å². The summed E-state index contributed by atoms with van der Waals surface area (Å²) in [6.45, 7) is 5.31. The minimum atomic E-state index is -0.278. The highest BCUT2D eigenvalue weighted by atomic mass is 19.1. The summed E-state index contributed by atoms with van der Waals surface area (Å²) in [6.07, 6.45) is 0. The molecule has 14 heavy (non-hydrogen) atoms. The second kappa shape index (κ2) is 3.24. The maximum atomic E-state index is 13.4. The van der Waals surface area contributed by atoms with Crippen molar-refractivity contribution in [2.75, 3.05) is 13.2 Å². The molecule has 0 saturated carbocycles. The third-order valence-corrected chi connectivity index (χ3v) is 2.58. The molecule has 1 aromatic carbocycles. The topological polar surface area (TPSA) is 31.2 Å². The Morgan fingerprint density at radius 2 is 2.29 bits per heavy atom. The lowest BCUT2D eigenvalue weighted by Gasteiger charge is -2.10. The van der Waals surface area contributed by atoms with Gasteiger partial charge in [0.25, 0.3) is 0 Å². The first-order valence-electron chi connectivity index (χ1n) is 4.83. The molecule has 2 rings (SSSR count). The Morgan fingerprint density at radius 1 is 1.57 bits per heavy atom. The fraction of sp³-hybridized carbons (Fsp3) is 0.455. The van der Waals surface area contributed by atoms with Crippen LogP contribution in [0, 0.1) is 5.82 Å². The van der Waals surface area contributed by atoms with Crippen LogP contribution in [0.2, 0.25) is 0 Å². The van der Waals surface area contributed by atoms with Crippen LogP contribution in [0.25, 0.3) is 0 Å². The first-order valence-corrected chi connectivity index (χ1v) is 4.83. The molecule has 0 aromatic heterocycles. The minimum Gasteiger partial charge on any atom is -0.491 e. The number of ether oxygens (including phenoxy) is 1. The minimum absolute atomic E-state index is 0.0222. The fourth-order valence-corrected chi connectivity index (χ4v) is 1.45. The molecule has 76 valence electrons. The maximum absolute atomic E-state index is 13.4. The predicted octanol–water partition coefficient (Wildman–Crippen LogP) is 2.04. The lowest BCUT2D eigenvalue weighted by atomic mass is 10.0. The van der Waals surface area contributed by atoms with E-state index < -0.39 is 0 Å². The molecule has 1 aliphatic heterocycles. The van der Waals surface area contributed by atoms with Gasteiger partial charge < -0.3 is 10.1 Å². The molecule has 1 fully saturated rings. The molecular weight excluding hydrogens is 181 g/mol. The zero-order valence-electron chi connectivity index (χ0n) is 8.43. The second-order valence-electron chi connectivity index (χ2n) is 3.76. The lowest BCUT2D eigenvalue weighted by Crippen LogP contribution is -2.07. The summed E-state index contributed by atoms with van der Waals surface area (Å²) >= 11 is 0. The van der Waals surface area contributed by atoms with E-state index in [0.717, 1.165) is 12.1 Å². The molecule has 0 radical (unpaired) electrons. The molecule has 1 aromatic rings. The highest BCUT2D eigenvalue weighted by Gasteiger charge is 2.38. The number of hydrogen-bond acceptors (Lipinski definition) is 2. The van der Waals surface area contributed by atoms with E-state index in [9.17, 15) is 4.39 Å². The molecule has 1 saturated heterocycles. The smallest absolute Gasteiger partial charge is 0.165 e. The molecule has 1 unspecified atom stereocenters. The lowest BCUT2D eigenvalue weighted by molar-refractivity contribution is 0.321. The monoisotopic (exact) mass is 195 g/mol. The number of halogens is 1. The Labute approximate surface area is 83.1 Å². The first-order chi connectivity index (χ1) is 6.65. The Balaban J connectivity index is 2.26. The largest absolute Gasteiger partial charge is 0.491 e. The van der Waals surface area contributed by atoms with Gasteiger partial charge in [-0.2, -0.15) is 0 Å². The van der Waals surface area contributed by atoms with E-state index in [4.69, 9.17) is 4.74 Å². The van der Waals surface area contributed by atoms with Crippen molar-refractivity contribution < 1.29 is 9.13 Å². The summed E-state index contributed by atoms with van der Waals surface area (Å²) in [5.74, 6) is 0.0553. The average molecular weight is 195 g/mol. The molecule has 0 amide bonds. The first kappa shape index (κ1) is 9.46. The van der Waals surface area contributed by atoms with Crippen LogP contribution in [-0.2, 0) is 5.54 Å². The Morgan fingerprint density at radius 3 is 2.79 bits per heavy atom. The molecule has 0 spiro atoms. The van der Waals surface area contributed by atoms with Crippen molar-refractivity contribution in [3.05, 3.63) is 29.6 Å². The van der Waals surface area contributed by atoms with E-state index in [1.807, 2.05) is 13.0 Å². The SMILES string of the molecule is CCOc1ccc(C2(C)CN2)cc1F. The third-order valence-electron chi connectivity index (χ3n) is 2.58. The zero-order valence-corrected chi connectivity index (χ0v) is 8.43. The number of hydrogen-bond donors (Lipinski definition) is 1. The zero-order chi connectivity index (χ0) is 10.2. The second-order valence-corrected chi connectivity index (χ2v) is 3.76. The van der Waals surface area contributed by atoms with Crippen LogP contribution in [0.3, 0.4) is 0 Å². The van der Waals surface area contributed by atoms with E-state index in [1.54, 1.807) is 12.1 Å². The summed E-state index contributed by atoms with van der Waals surface area (Å²) in [7, 11) is 0. The summed E-state index contributed by atoms with van der Waals surface area (Å²) in [5.41, 5.74) is 0.962. The van der Waals surface area contributed by atoms with Crippen LogP contribution in [0.4, 0.5) is 4.39 Å². The Kier molecular flexibility index (Phi) is 2.19. The average Bonchev–Trinajstić information content (AvgIpc) is 2.89. The van der Waals surface area contributed by atoms with E-state index in [1.165, 1.54) is 0 Å². The highest BCUT2D eigenvalue weighted by molar-refractivity contribution is 5.36. The highest BCUT2D eigenvalue weighted by Crippen LogP contribution is 2.32. The van der Waals surface area contributed by atoms with Gasteiger partial charge in [-0.3, -0.25) is 0 Å². The summed E-state index contributed by atoms with van der Waals surface area (Å²) in [6, 6.07) is 5.15. The number of benzene rings is 1. The van der Waals surface area contributed by atoms with Crippen LogP contribution in [0.5, 0.6) is 5.75 Å².